The molecule has 5 rings (SSSR count). The Bertz CT molecular complexity index is 1440. The van der Waals surface area contributed by atoms with E-state index < -0.39 is 5.97 Å². The van der Waals surface area contributed by atoms with Gasteiger partial charge >= 0.3 is 5.97 Å². The Labute approximate surface area is 179 Å². The molecule has 0 amide bonds. The number of pyridine rings is 1. The summed E-state index contributed by atoms with van der Waals surface area (Å²) in [6, 6.07) is 14.0. The number of H-pyrrole nitrogens is 1. The van der Waals surface area contributed by atoms with Crippen molar-refractivity contribution in [2.75, 3.05) is 0 Å². The third-order valence-corrected chi connectivity index (χ3v) is 5.37. The molecule has 0 saturated carbocycles. The van der Waals surface area contributed by atoms with Crippen molar-refractivity contribution in [1.82, 2.24) is 19.9 Å². The van der Waals surface area contributed by atoms with Gasteiger partial charge in [-0.2, -0.15) is 0 Å². The fourth-order valence-electron chi connectivity index (χ4n) is 4.06. The second-order valence-corrected chi connectivity index (χ2v) is 7.78. The summed E-state index contributed by atoms with van der Waals surface area (Å²) in [5.41, 5.74) is 6.47. The van der Waals surface area contributed by atoms with Gasteiger partial charge in [0.05, 0.1) is 40.7 Å². The molecule has 1 N–H and O–H groups in total. The Kier molecular flexibility index (Phi) is 4.62. The highest BCUT2D eigenvalue weighted by Gasteiger charge is 2.21. The van der Waals surface area contributed by atoms with Gasteiger partial charge in [-0.05, 0) is 38.0 Å². The molecule has 0 aliphatic rings. The van der Waals surface area contributed by atoms with E-state index in [1.807, 2.05) is 63.2 Å². The van der Waals surface area contributed by atoms with Crippen molar-refractivity contribution in [3.63, 3.8) is 0 Å². The van der Waals surface area contributed by atoms with Gasteiger partial charge in [0.15, 0.2) is 5.69 Å². The van der Waals surface area contributed by atoms with E-state index in [4.69, 9.17) is 14.7 Å². The minimum atomic E-state index is -0.402. The van der Waals surface area contributed by atoms with Gasteiger partial charge < -0.3 is 9.72 Å². The summed E-state index contributed by atoms with van der Waals surface area (Å²) in [6.45, 7) is 5.69. The van der Waals surface area contributed by atoms with Gasteiger partial charge in [0.25, 0.3) is 0 Å². The summed E-state index contributed by atoms with van der Waals surface area (Å²) < 4.78 is 5.43. The maximum atomic E-state index is 12.7. The van der Waals surface area contributed by atoms with Crippen molar-refractivity contribution < 1.29 is 9.53 Å². The van der Waals surface area contributed by atoms with Crippen molar-refractivity contribution >= 4 is 38.8 Å². The first-order valence-electron chi connectivity index (χ1n) is 10.4. The SMILES string of the molecule is CCc1c(C(=O)OC(C)C)ncc2[nH]c3ccc4nc(-c5ccccc5)cnc4c3c12. The predicted octanol–water partition coefficient (Wildman–Crippen LogP) is 5.45. The number of fused-ring (bicyclic) bond motifs is 5. The quantitative estimate of drug-likeness (QED) is 0.398. The standard InChI is InChI=1S/C25H22N4O2/c1-4-16-21-20(13-26-23(16)25(30)31-14(2)3)28-17-10-11-18-24(22(17)21)27-12-19(29-18)15-8-6-5-7-9-15/h5-14,28H,4H2,1-3H3. The van der Waals surface area contributed by atoms with Crippen LogP contribution in [0.5, 0.6) is 0 Å². The van der Waals surface area contributed by atoms with Crippen LogP contribution in [0.25, 0.3) is 44.1 Å². The maximum absolute atomic E-state index is 12.7. The Hall–Kier alpha value is -3.80. The normalized spacial score (nSPS) is 11.6. The number of hydrogen-bond donors (Lipinski definition) is 1. The second-order valence-electron chi connectivity index (χ2n) is 7.78. The summed E-state index contributed by atoms with van der Waals surface area (Å²) >= 11 is 0. The molecule has 0 aliphatic carbocycles. The number of aromatic nitrogens is 4. The van der Waals surface area contributed by atoms with E-state index in [1.54, 1.807) is 12.4 Å². The van der Waals surface area contributed by atoms with Crippen LogP contribution in [-0.2, 0) is 11.2 Å². The lowest BCUT2D eigenvalue weighted by Crippen LogP contribution is -2.15. The Morgan fingerprint density at radius 2 is 1.81 bits per heavy atom. The predicted molar refractivity (Wildman–Crippen MR) is 122 cm³/mol. The maximum Gasteiger partial charge on any atom is 0.357 e. The molecule has 6 nitrogen and oxygen atoms in total. The van der Waals surface area contributed by atoms with Crippen molar-refractivity contribution in [1.29, 1.82) is 0 Å². The van der Waals surface area contributed by atoms with Crippen molar-refractivity contribution in [2.24, 2.45) is 0 Å². The summed E-state index contributed by atoms with van der Waals surface area (Å²) in [6.07, 6.45) is 3.94. The lowest BCUT2D eigenvalue weighted by molar-refractivity contribution is 0.0370. The largest absolute Gasteiger partial charge is 0.458 e. The number of ether oxygens (including phenoxy) is 1. The number of carbonyl (C=O) groups is 1. The number of aryl methyl sites for hydroxylation is 1. The zero-order chi connectivity index (χ0) is 21.5. The van der Waals surface area contributed by atoms with E-state index in [-0.39, 0.29) is 6.10 Å². The minimum absolute atomic E-state index is 0.208. The highest BCUT2D eigenvalue weighted by Crippen LogP contribution is 2.34. The molecule has 0 atom stereocenters. The van der Waals surface area contributed by atoms with E-state index in [9.17, 15) is 4.79 Å². The van der Waals surface area contributed by atoms with Crippen LogP contribution in [0.1, 0.15) is 36.8 Å². The van der Waals surface area contributed by atoms with Gasteiger partial charge in [0, 0.05) is 21.9 Å². The van der Waals surface area contributed by atoms with Crippen molar-refractivity contribution in [2.45, 2.75) is 33.3 Å². The first kappa shape index (κ1) is 19.2. The van der Waals surface area contributed by atoms with E-state index in [0.717, 1.165) is 49.7 Å². The van der Waals surface area contributed by atoms with Crippen molar-refractivity contribution in [3.05, 3.63) is 66.1 Å². The molecule has 2 aromatic carbocycles. The zero-order valence-electron chi connectivity index (χ0n) is 17.6. The molecular weight excluding hydrogens is 388 g/mol. The molecule has 3 aromatic heterocycles. The summed E-state index contributed by atoms with van der Waals surface area (Å²) in [5, 5.41) is 1.91. The third-order valence-electron chi connectivity index (χ3n) is 5.37. The number of benzene rings is 2. The molecule has 3 heterocycles. The molecule has 0 aliphatic heterocycles. The number of rotatable bonds is 4. The fourth-order valence-corrected chi connectivity index (χ4v) is 4.06. The van der Waals surface area contributed by atoms with Crippen LogP contribution in [0.4, 0.5) is 0 Å². The number of hydrogen-bond acceptors (Lipinski definition) is 5. The van der Waals surface area contributed by atoms with Crippen LogP contribution >= 0.6 is 0 Å². The molecule has 0 bridgehead atoms. The average molecular weight is 410 g/mol. The van der Waals surface area contributed by atoms with Gasteiger partial charge in [-0.15, -0.1) is 0 Å². The fraction of sp³-hybridized carbons (Fsp3) is 0.200. The van der Waals surface area contributed by atoms with Gasteiger partial charge in [-0.3, -0.25) is 4.98 Å². The monoisotopic (exact) mass is 410 g/mol. The lowest BCUT2D eigenvalue weighted by atomic mass is 10.0. The molecule has 0 saturated heterocycles. The highest BCUT2D eigenvalue weighted by atomic mass is 16.5. The van der Waals surface area contributed by atoms with E-state index in [0.29, 0.717) is 12.1 Å². The molecule has 6 heteroatoms. The first-order chi connectivity index (χ1) is 15.1. The van der Waals surface area contributed by atoms with Crippen LogP contribution in [0.15, 0.2) is 54.9 Å². The van der Waals surface area contributed by atoms with E-state index in [1.165, 1.54) is 0 Å². The Morgan fingerprint density at radius 3 is 2.55 bits per heavy atom. The average Bonchev–Trinajstić information content (AvgIpc) is 3.17. The Balaban J connectivity index is 1.78. The van der Waals surface area contributed by atoms with Crippen LogP contribution in [0.3, 0.4) is 0 Å². The third kappa shape index (κ3) is 3.20. The molecule has 154 valence electrons. The topological polar surface area (TPSA) is 80.8 Å². The number of carbonyl (C=O) groups excluding carboxylic acids is 1. The van der Waals surface area contributed by atoms with Crippen LogP contribution in [0.2, 0.25) is 0 Å². The van der Waals surface area contributed by atoms with Crippen LogP contribution < -0.4 is 0 Å². The highest BCUT2D eigenvalue weighted by molar-refractivity contribution is 6.20. The van der Waals surface area contributed by atoms with Gasteiger partial charge in [0.2, 0.25) is 0 Å². The van der Waals surface area contributed by atoms with Crippen molar-refractivity contribution in [3.8, 4) is 11.3 Å². The molecular formula is C25H22N4O2. The smallest absolute Gasteiger partial charge is 0.357 e. The number of esters is 1. The lowest BCUT2D eigenvalue weighted by Gasteiger charge is -2.11. The summed E-state index contributed by atoms with van der Waals surface area (Å²) in [7, 11) is 0. The number of nitrogens with zero attached hydrogens (tertiary/aromatic N) is 3. The van der Waals surface area contributed by atoms with Gasteiger partial charge in [-0.25, -0.2) is 14.8 Å². The van der Waals surface area contributed by atoms with Crippen LogP contribution in [-0.4, -0.2) is 32.0 Å². The Morgan fingerprint density at radius 1 is 1.00 bits per heavy atom. The zero-order valence-corrected chi connectivity index (χ0v) is 17.6. The first-order valence-corrected chi connectivity index (χ1v) is 10.4. The summed E-state index contributed by atoms with van der Waals surface area (Å²) in [5.74, 6) is -0.402. The molecule has 31 heavy (non-hydrogen) atoms. The van der Waals surface area contributed by atoms with E-state index in [2.05, 4.69) is 9.97 Å². The number of nitrogens with one attached hydrogen (secondary N) is 1. The minimum Gasteiger partial charge on any atom is -0.458 e. The number of aromatic amines is 1. The van der Waals surface area contributed by atoms with E-state index >= 15 is 0 Å². The van der Waals surface area contributed by atoms with Crippen LogP contribution in [0, 0.1) is 0 Å². The summed E-state index contributed by atoms with van der Waals surface area (Å²) in [4.78, 5) is 30.2. The molecule has 0 radical (unpaired) electrons. The van der Waals surface area contributed by atoms with Gasteiger partial charge in [0.1, 0.15) is 0 Å². The molecule has 5 aromatic rings. The molecule has 0 unspecified atom stereocenters. The molecule has 0 fully saturated rings. The molecule has 0 spiro atoms. The second kappa shape index (κ2) is 7.47. The van der Waals surface area contributed by atoms with Gasteiger partial charge in [-0.1, -0.05) is 37.3 Å².